The van der Waals surface area contributed by atoms with Gasteiger partial charge in [0.1, 0.15) is 5.01 Å². The third-order valence-electron chi connectivity index (χ3n) is 4.19. The Morgan fingerprint density at radius 1 is 1.45 bits per heavy atom. The van der Waals surface area contributed by atoms with Crippen molar-refractivity contribution in [2.24, 2.45) is 5.92 Å². The molecule has 6 heteroatoms. The molecule has 0 bridgehead atoms. The standard InChI is InChI=1S/C14H18N2O3S/c1-8(16-7-9(14(18)19)6-12(16)17)13-15-10-4-2-3-5-11(10)20-13/h8-9H,2-7H2,1H3,(H,18,19). The topological polar surface area (TPSA) is 70.5 Å². The molecule has 2 atom stereocenters. The molecule has 1 aromatic heterocycles. The second-order valence-corrected chi connectivity index (χ2v) is 6.71. The lowest BCUT2D eigenvalue weighted by Crippen LogP contribution is -2.29. The second-order valence-electron chi connectivity index (χ2n) is 5.59. The third kappa shape index (κ3) is 2.32. The van der Waals surface area contributed by atoms with Crippen LogP contribution in [-0.4, -0.2) is 33.4 Å². The van der Waals surface area contributed by atoms with Gasteiger partial charge in [0, 0.05) is 17.8 Å². The smallest absolute Gasteiger partial charge is 0.308 e. The van der Waals surface area contributed by atoms with E-state index in [2.05, 4.69) is 4.98 Å². The molecule has 2 aliphatic rings. The summed E-state index contributed by atoms with van der Waals surface area (Å²) in [6, 6.07) is -0.109. The van der Waals surface area contributed by atoms with Crippen molar-refractivity contribution in [1.82, 2.24) is 9.88 Å². The van der Waals surface area contributed by atoms with Crippen LogP contribution in [0, 0.1) is 5.92 Å². The summed E-state index contributed by atoms with van der Waals surface area (Å²) in [5.41, 5.74) is 1.18. The summed E-state index contributed by atoms with van der Waals surface area (Å²) in [7, 11) is 0. The van der Waals surface area contributed by atoms with Crippen LogP contribution >= 0.6 is 11.3 Å². The molecule has 1 aliphatic heterocycles. The number of carboxylic acid groups (broad SMARTS) is 1. The maximum absolute atomic E-state index is 12.0. The number of aromatic nitrogens is 1. The van der Waals surface area contributed by atoms with Gasteiger partial charge in [-0.05, 0) is 32.6 Å². The molecule has 0 saturated carbocycles. The number of rotatable bonds is 3. The van der Waals surface area contributed by atoms with E-state index in [1.165, 1.54) is 23.4 Å². The molecule has 1 aliphatic carbocycles. The highest BCUT2D eigenvalue weighted by atomic mass is 32.1. The van der Waals surface area contributed by atoms with Crippen LogP contribution in [0.2, 0.25) is 0 Å². The zero-order valence-corrected chi connectivity index (χ0v) is 12.3. The first-order chi connectivity index (χ1) is 9.56. The van der Waals surface area contributed by atoms with Crippen molar-refractivity contribution in [1.29, 1.82) is 0 Å². The Morgan fingerprint density at radius 3 is 2.85 bits per heavy atom. The van der Waals surface area contributed by atoms with Gasteiger partial charge in [-0.1, -0.05) is 0 Å². The number of aryl methyl sites for hydroxylation is 2. The molecule has 1 aromatic rings. The zero-order valence-electron chi connectivity index (χ0n) is 11.5. The normalized spacial score (nSPS) is 23.8. The lowest BCUT2D eigenvalue weighted by Gasteiger charge is -2.22. The van der Waals surface area contributed by atoms with Crippen LogP contribution < -0.4 is 0 Å². The first-order valence-electron chi connectivity index (χ1n) is 7.07. The number of nitrogens with zero attached hydrogens (tertiary/aromatic N) is 2. The molecular weight excluding hydrogens is 276 g/mol. The van der Waals surface area contributed by atoms with Crippen LogP contribution in [0.1, 0.15) is 47.8 Å². The van der Waals surface area contributed by atoms with Crippen LogP contribution in [0.3, 0.4) is 0 Å². The number of likely N-dealkylation sites (tertiary alicyclic amines) is 1. The number of carbonyl (C=O) groups excluding carboxylic acids is 1. The van der Waals surface area contributed by atoms with E-state index in [0.717, 1.165) is 17.8 Å². The molecule has 0 aromatic carbocycles. The maximum Gasteiger partial charge on any atom is 0.308 e. The van der Waals surface area contributed by atoms with E-state index < -0.39 is 11.9 Å². The lowest BCUT2D eigenvalue weighted by atomic mass is 10.0. The summed E-state index contributed by atoms with van der Waals surface area (Å²) in [5, 5.41) is 10.00. The van der Waals surface area contributed by atoms with E-state index in [9.17, 15) is 9.59 Å². The summed E-state index contributed by atoms with van der Waals surface area (Å²) in [4.78, 5) is 30.7. The number of carboxylic acids is 1. The SMILES string of the molecule is CC(c1nc2c(s1)CCCC2)N1CC(C(=O)O)CC1=O. The van der Waals surface area contributed by atoms with Gasteiger partial charge in [-0.15, -0.1) is 11.3 Å². The quantitative estimate of drug-likeness (QED) is 0.926. The van der Waals surface area contributed by atoms with Crippen molar-refractivity contribution in [3.8, 4) is 0 Å². The first-order valence-corrected chi connectivity index (χ1v) is 7.88. The molecule has 3 rings (SSSR count). The van der Waals surface area contributed by atoms with Gasteiger partial charge < -0.3 is 10.0 Å². The molecule has 5 nitrogen and oxygen atoms in total. The monoisotopic (exact) mass is 294 g/mol. The fourth-order valence-corrected chi connectivity index (χ4v) is 4.17. The van der Waals surface area contributed by atoms with E-state index in [-0.39, 0.29) is 18.4 Å². The highest BCUT2D eigenvalue weighted by Gasteiger charge is 2.38. The third-order valence-corrected chi connectivity index (χ3v) is 5.52. The van der Waals surface area contributed by atoms with Crippen LogP contribution in [0.4, 0.5) is 0 Å². The summed E-state index contributed by atoms with van der Waals surface area (Å²) in [5.74, 6) is -1.52. The fraction of sp³-hybridized carbons (Fsp3) is 0.643. The van der Waals surface area contributed by atoms with Gasteiger partial charge in [-0.25, -0.2) is 4.98 Å². The van der Waals surface area contributed by atoms with Crippen molar-refractivity contribution >= 4 is 23.2 Å². The number of carbonyl (C=O) groups is 2. The Hall–Kier alpha value is -1.43. The summed E-state index contributed by atoms with van der Waals surface area (Å²) < 4.78 is 0. The van der Waals surface area contributed by atoms with Gasteiger partial charge >= 0.3 is 5.97 Å². The zero-order chi connectivity index (χ0) is 14.3. The summed E-state index contributed by atoms with van der Waals surface area (Å²) in [6.45, 7) is 2.26. The van der Waals surface area contributed by atoms with E-state index in [1.807, 2.05) is 6.92 Å². The molecule has 1 saturated heterocycles. The maximum atomic E-state index is 12.0. The Balaban J connectivity index is 1.78. The van der Waals surface area contributed by atoms with Gasteiger partial charge in [0.25, 0.3) is 0 Å². The Kier molecular flexibility index (Phi) is 3.50. The van der Waals surface area contributed by atoms with Gasteiger partial charge in [0.15, 0.2) is 0 Å². The van der Waals surface area contributed by atoms with Crippen molar-refractivity contribution in [3.05, 3.63) is 15.6 Å². The summed E-state index contributed by atoms with van der Waals surface area (Å²) in [6.07, 6.45) is 4.64. The minimum absolute atomic E-state index is 0.0712. The van der Waals surface area contributed by atoms with Crippen LogP contribution in [0.15, 0.2) is 0 Å². The predicted molar refractivity (Wildman–Crippen MR) is 74.6 cm³/mol. The average molecular weight is 294 g/mol. The molecule has 0 radical (unpaired) electrons. The molecule has 2 unspecified atom stereocenters. The van der Waals surface area contributed by atoms with Crippen LogP contribution in [0.25, 0.3) is 0 Å². The van der Waals surface area contributed by atoms with Crippen molar-refractivity contribution in [2.75, 3.05) is 6.54 Å². The van der Waals surface area contributed by atoms with Gasteiger partial charge in [-0.2, -0.15) is 0 Å². The second kappa shape index (κ2) is 5.16. The number of hydrogen-bond acceptors (Lipinski definition) is 4. The molecule has 1 fully saturated rings. The van der Waals surface area contributed by atoms with E-state index in [4.69, 9.17) is 5.11 Å². The van der Waals surface area contributed by atoms with Crippen molar-refractivity contribution in [2.45, 2.75) is 45.1 Å². The van der Waals surface area contributed by atoms with Crippen molar-refractivity contribution in [3.63, 3.8) is 0 Å². The van der Waals surface area contributed by atoms with E-state index in [0.29, 0.717) is 6.54 Å². The fourth-order valence-electron chi connectivity index (χ4n) is 2.96. The molecule has 1 N–H and O–H groups in total. The number of fused-ring (bicyclic) bond motifs is 1. The highest BCUT2D eigenvalue weighted by molar-refractivity contribution is 7.11. The number of hydrogen-bond donors (Lipinski definition) is 1. The van der Waals surface area contributed by atoms with E-state index >= 15 is 0 Å². The Labute approximate surface area is 121 Å². The minimum atomic E-state index is -0.883. The highest BCUT2D eigenvalue weighted by Crippen LogP contribution is 2.34. The molecule has 20 heavy (non-hydrogen) atoms. The lowest BCUT2D eigenvalue weighted by molar-refractivity contribution is -0.141. The van der Waals surface area contributed by atoms with Gasteiger partial charge in [0.05, 0.1) is 17.7 Å². The van der Waals surface area contributed by atoms with E-state index in [1.54, 1.807) is 16.2 Å². The summed E-state index contributed by atoms with van der Waals surface area (Å²) >= 11 is 1.69. The number of aliphatic carboxylic acids is 1. The van der Waals surface area contributed by atoms with Crippen LogP contribution in [0.5, 0.6) is 0 Å². The van der Waals surface area contributed by atoms with Gasteiger partial charge in [-0.3, -0.25) is 9.59 Å². The Bertz CT molecular complexity index is 531. The molecule has 108 valence electrons. The molecular formula is C14H18N2O3S. The van der Waals surface area contributed by atoms with Gasteiger partial charge in [0.2, 0.25) is 5.91 Å². The largest absolute Gasteiger partial charge is 0.481 e. The number of thiazole rings is 1. The average Bonchev–Trinajstić information content (AvgIpc) is 3.01. The minimum Gasteiger partial charge on any atom is -0.481 e. The molecule has 2 heterocycles. The predicted octanol–water partition coefficient (Wildman–Crippen LogP) is 2.02. The molecule has 0 spiro atoms. The van der Waals surface area contributed by atoms with Crippen LogP contribution in [-0.2, 0) is 22.4 Å². The van der Waals surface area contributed by atoms with Crippen molar-refractivity contribution < 1.29 is 14.7 Å². The Morgan fingerprint density at radius 2 is 2.20 bits per heavy atom. The first kappa shape index (κ1) is 13.5. The molecule has 1 amide bonds. The number of amides is 1.